The third kappa shape index (κ3) is 4.07. The Hall–Kier alpha value is -1.88. The number of hydrogen-bond donors (Lipinski definition) is 2. The third-order valence-electron chi connectivity index (χ3n) is 5.37. The average molecular weight is 451 g/mol. The van der Waals surface area contributed by atoms with Crippen LogP contribution in [0, 0.1) is 11.3 Å². The van der Waals surface area contributed by atoms with Gasteiger partial charge in [0.15, 0.2) is 0 Å². The van der Waals surface area contributed by atoms with Crippen molar-refractivity contribution in [1.29, 1.82) is 0 Å². The third-order valence-corrected chi connectivity index (χ3v) is 8.43. The summed E-state index contributed by atoms with van der Waals surface area (Å²) in [5, 5.41) is 0. The molecular formula is C19H22N4O3S3. The highest BCUT2D eigenvalue weighted by Crippen LogP contribution is 2.40. The zero-order valence-electron chi connectivity index (χ0n) is 16.4. The van der Waals surface area contributed by atoms with Gasteiger partial charge in [-0.25, -0.2) is 8.42 Å². The maximum absolute atomic E-state index is 12.6. The molecule has 0 spiro atoms. The quantitative estimate of drug-likeness (QED) is 0.592. The summed E-state index contributed by atoms with van der Waals surface area (Å²) < 4.78 is 33.4. The monoisotopic (exact) mass is 450 g/mol. The van der Waals surface area contributed by atoms with E-state index in [1.165, 1.54) is 27.8 Å². The van der Waals surface area contributed by atoms with Crippen molar-refractivity contribution < 1.29 is 13.2 Å². The van der Waals surface area contributed by atoms with Crippen LogP contribution < -0.4 is 10.3 Å². The predicted molar refractivity (Wildman–Crippen MR) is 114 cm³/mol. The largest absolute Gasteiger partial charge is 0.276 e. The fraction of sp³-hybridized carbons (Fsp3) is 0.421. The number of nitrogens with zero attached hydrogens (tertiary/aromatic N) is 2. The summed E-state index contributed by atoms with van der Waals surface area (Å²) in [6.07, 6.45) is 3.02. The minimum Gasteiger partial charge on any atom is -0.273 e. The standard InChI is InChI=1S/C19H22N4O3S3/c1-19(2,3)12-7-8-14-11(9-12)10-15(27-14)18(24)20-23-29(25,26)16-6-4-5-13-17(16)22-28-21-13/h4-6,10,12,23H,7-9H2,1-3H3,(H,20,24)/t12-/m1/s1. The van der Waals surface area contributed by atoms with E-state index in [-0.39, 0.29) is 10.3 Å². The second-order valence-electron chi connectivity index (χ2n) is 8.31. The Balaban J connectivity index is 1.48. The number of fused-ring (bicyclic) bond motifs is 2. The van der Waals surface area contributed by atoms with Gasteiger partial charge in [0.25, 0.3) is 15.9 Å². The second-order valence-corrected chi connectivity index (χ2v) is 11.6. The van der Waals surface area contributed by atoms with Gasteiger partial charge < -0.3 is 0 Å². The molecule has 2 N–H and O–H groups in total. The summed E-state index contributed by atoms with van der Waals surface area (Å²) in [5.74, 6) is 0.120. The highest BCUT2D eigenvalue weighted by molar-refractivity contribution is 7.89. The average Bonchev–Trinajstić information content (AvgIpc) is 3.30. The van der Waals surface area contributed by atoms with Crippen LogP contribution in [0.5, 0.6) is 0 Å². The van der Waals surface area contributed by atoms with E-state index in [0.717, 1.165) is 31.0 Å². The number of rotatable bonds is 4. The molecule has 29 heavy (non-hydrogen) atoms. The van der Waals surface area contributed by atoms with Crippen LogP contribution in [-0.2, 0) is 22.9 Å². The molecule has 2 heterocycles. The number of carbonyl (C=O) groups is 1. The molecule has 10 heteroatoms. The van der Waals surface area contributed by atoms with Gasteiger partial charge in [0.05, 0.1) is 16.6 Å². The Morgan fingerprint density at radius 3 is 2.79 bits per heavy atom. The minimum absolute atomic E-state index is 0.0115. The zero-order valence-corrected chi connectivity index (χ0v) is 18.8. The molecule has 0 bridgehead atoms. The molecule has 1 aromatic carbocycles. The molecule has 0 saturated heterocycles. The molecule has 0 fully saturated rings. The van der Waals surface area contributed by atoms with Gasteiger partial charge in [-0.3, -0.25) is 10.2 Å². The first-order chi connectivity index (χ1) is 13.6. The molecular weight excluding hydrogens is 428 g/mol. The summed E-state index contributed by atoms with van der Waals surface area (Å²) in [5.41, 5.74) is 4.55. The zero-order chi connectivity index (χ0) is 20.8. The normalized spacial score (nSPS) is 17.3. The SMILES string of the molecule is CC(C)(C)[C@@H]1CCc2sc(C(=O)NNS(=O)(=O)c3cccc4nsnc34)cc2C1. The lowest BCUT2D eigenvalue weighted by atomic mass is 9.72. The minimum atomic E-state index is -3.96. The molecule has 1 aliphatic carbocycles. The molecule has 7 nitrogen and oxygen atoms in total. The van der Waals surface area contributed by atoms with E-state index < -0.39 is 15.9 Å². The molecule has 1 aliphatic rings. The maximum Gasteiger partial charge on any atom is 0.276 e. The molecule has 0 unspecified atom stereocenters. The molecule has 0 aliphatic heterocycles. The molecule has 4 rings (SSSR count). The molecule has 2 aromatic heterocycles. The molecule has 154 valence electrons. The Kier molecular flexibility index (Phi) is 5.22. The lowest BCUT2D eigenvalue weighted by Gasteiger charge is -2.33. The van der Waals surface area contributed by atoms with Crippen molar-refractivity contribution in [2.24, 2.45) is 11.3 Å². The van der Waals surface area contributed by atoms with Gasteiger partial charge in [-0.1, -0.05) is 26.8 Å². The number of amides is 1. The Morgan fingerprint density at radius 2 is 2.03 bits per heavy atom. The van der Waals surface area contributed by atoms with Gasteiger partial charge in [0.2, 0.25) is 0 Å². The smallest absolute Gasteiger partial charge is 0.273 e. The molecule has 1 atom stereocenters. The summed E-state index contributed by atoms with van der Waals surface area (Å²) in [6, 6.07) is 6.62. The van der Waals surface area contributed by atoms with Gasteiger partial charge in [0, 0.05) is 4.88 Å². The number of aryl methyl sites for hydroxylation is 1. The number of benzene rings is 1. The molecule has 0 saturated carbocycles. The van der Waals surface area contributed by atoms with Crippen LogP contribution in [0.2, 0.25) is 0 Å². The van der Waals surface area contributed by atoms with E-state index in [0.29, 0.717) is 21.8 Å². The second kappa shape index (κ2) is 7.42. The van der Waals surface area contributed by atoms with Crippen LogP contribution in [0.4, 0.5) is 0 Å². The summed E-state index contributed by atoms with van der Waals surface area (Å²) in [7, 11) is -3.96. The lowest BCUT2D eigenvalue weighted by molar-refractivity contribution is 0.0949. The highest BCUT2D eigenvalue weighted by atomic mass is 32.2. The van der Waals surface area contributed by atoms with Crippen LogP contribution >= 0.6 is 23.1 Å². The predicted octanol–water partition coefficient (Wildman–Crippen LogP) is 3.53. The molecule has 0 radical (unpaired) electrons. The van der Waals surface area contributed by atoms with Gasteiger partial charge in [-0.15, -0.1) is 16.2 Å². The van der Waals surface area contributed by atoms with Crippen molar-refractivity contribution >= 4 is 50.0 Å². The number of sulfonamides is 1. The fourth-order valence-electron chi connectivity index (χ4n) is 3.60. The number of aromatic nitrogens is 2. The van der Waals surface area contributed by atoms with Gasteiger partial charge >= 0.3 is 0 Å². The Labute approximate surface area is 177 Å². The fourth-order valence-corrected chi connectivity index (χ4v) is 6.31. The van der Waals surface area contributed by atoms with Crippen LogP contribution in [0.25, 0.3) is 11.0 Å². The van der Waals surface area contributed by atoms with Crippen molar-refractivity contribution in [2.45, 2.75) is 44.9 Å². The lowest BCUT2D eigenvalue weighted by Crippen LogP contribution is -2.41. The number of nitrogens with one attached hydrogen (secondary N) is 2. The van der Waals surface area contributed by atoms with E-state index in [1.54, 1.807) is 12.1 Å². The van der Waals surface area contributed by atoms with Gasteiger partial charge in [-0.2, -0.15) is 8.75 Å². The summed E-state index contributed by atoms with van der Waals surface area (Å²) >= 11 is 2.38. The van der Waals surface area contributed by atoms with Crippen LogP contribution in [0.3, 0.4) is 0 Å². The first-order valence-electron chi connectivity index (χ1n) is 9.30. The van der Waals surface area contributed by atoms with E-state index in [2.05, 4.69) is 39.8 Å². The number of hydrazine groups is 1. The number of thiophene rings is 1. The van der Waals surface area contributed by atoms with Crippen molar-refractivity contribution in [2.75, 3.05) is 0 Å². The van der Waals surface area contributed by atoms with Crippen molar-refractivity contribution in [1.82, 2.24) is 19.0 Å². The van der Waals surface area contributed by atoms with E-state index >= 15 is 0 Å². The Morgan fingerprint density at radius 1 is 1.24 bits per heavy atom. The van der Waals surface area contributed by atoms with Crippen molar-refractivity contribution in [3.05, 3.63) is 39.6 Å². The van der Waals surface area contributed by atoms with Crippen LogP contribution in [0.1, 0.15) is 47.3 Å². The molecule has 1 amide bonds. The first kappa shape index (κ1) is 20.4. The van der Waals surface area contributed by atoms with Gasteiger partial charge in [-0.05, 0) is 54.4 Å². The number of hydrogen-bond acceptors (Lipinski definition) is 7. The topological polar surface area (TPSA) is 101 Å². The Bertz CT molecular complexity index is 1170. The van der Waals surface area contributed by atoms with E-state index in [9.17, 15) is 13.2 Å². The summed E-state index contributed by atoms with van der Waals surface area (Å²) in [6.45, 7) is 6.74. The van der Waals surface area contributed by atoms with Crippen molar-refractivity contribution in [3.63, 3.8) is 0 Å². The number of carbonyl (C=O) groups excluding carboxylic acids is 1. The van der Waals surface area contributed by atoms with Crippen LogP contribution in [0.15, 0.2) is 29.2 Å². The molecule has 3 aromatic rings. The van der Waals surface area contributed by atoms with Crippen molar-refractivity contribution in [3.8, 4) is 0 Å². The maximum atomic E-state index is 12.6. The van der Waals surface area contributed by atoms with Gasteiger partial charge in [0.1, 0.15) is 15.9 Å². The first-order valence-corrected chi connectivity index (χ1v) is 12.3. The summed E-state index contributed by atoms with van der Waals surface area (Å²) in [4.78, 5) is 16.5. The highest BCUT2D eigenvalue weighted by Gasteiger charge is 2.30. The van der Waals surface area contributed by atoms with Crippen LogP contribution in [-0.4, -0.2) is 23.1 Å². The van der Waals surface area contributed by atoms with E-state index in [4.69, 9.17) is 0 Å². The van der Waals surface area contributed by atoms with E-state index in [1.807, 2.05) is 6.07 Å².